The molecule has 7 heteroatoms. The molecule has 5 N–H and O–H groups in total. The second kappa shape index (κ2) is 8.98. The average molecular weight is 474 g/mol. The molecule has 3 aliphatic heterocycles. The third-order valence-corrected chi connectivity index (χ3v) is 7.23. The van der Waals surface area contributed by atoms with Gasteiger partial charge in [0.05, 0.1) is 0 Å². The molecule has 0 atom stereocenters. The summed E-state index contributed by atoms with van der Waals surface area (Å²) in [4.78, 5) is 26.7. The van der Waals surface area contributed by atoms with Crippen molar-refractivity contribution in [2.75, 3.05) is 0 Å². The zero-order valence-corrected chi connectivity index (χ0v) is 23.0. The number of carbonyl (C=O) groups is 2. The van der Waals surface area contributed by atoms with Gasteiger partial charge in [-0.25, -0.2) is 0 Å². The van der Waals surface area contributed by atoms with Crippen molar-refractivity contribution in [3.05, 3.63) is 22.5 Å². The minimum Gasteiger partial charge on any atom is -0.362 e. The molecule has 0 radical (unpaired) electrons. The van der Waals surface area contributed by atoms with E-state index in [4.69, 9.17) is 0 Å². The predicted molar refractivity (Wildman–Crippen MR) is 138 cm³/mol. The first-order valence-electron chi connectivity index (χ1n) is 12.7. The predicted octanol–water partition coefficient (Wildman–Crippen LogP) is 3.38. The lowest BCUT2D eigenvalue weighted by atomic mass is 9.79. The number of hydrogen-bond donors (Lipinski definition) is 5. The Hall–Kier alpha value is -1.86. The van der Waals surface area contributed by atoms with Gasteiger partial charge in [-0.3, -0.25) is 9.59 Å². The third-order valence-electron chi connectivity index (χ3n) is 7.23. The molecule has 2 fully saturated rings. The molecule has 0 aromatic carbocycles. The molecule has 0 aliphatic carbocycles. The number of nitrogens with one attached hydrogen (secondary N) is 5. The van der Waals surface area contributed by atoms with Crippen LogP contribution in [0.2, 0.25) is 0 Å². The quantitative estimate of drug-likeness (QED) is 0.432. The Morgan fingerprint density at radius 1 is 0.647 bits per heavy atom. The van der Waals surface area contributed by atoms with Gasteiger partial charge in [0.1, 0.15) is 0 Å². The molecule has 0 bridgehead atoms. The van der Waals surface area contributed by atoms with Crippen LogP contribution in [0.1, 0.15) is 101 Å². The van der Waals surface area contributed by atoms with E-state index in [2.05, 4.69) is 82.0 Å². The molecular weight excluding hydrogens is 426 g/mol. The Morgan fingerprint density at radius 3 is 1.24 bits per heavy atom. The molecule has 0 saturated carbocycles. The Morgan fingerprint density at radius 2 is 0.941 bits per heavy atom. The van der Waals surface area contributed by atoms with Gasteiger partial charge in [-0.05, 0) is 94.9 Å². The maximum Gasteiger partial charge on any atom is 0.249 e. The summed E-state index contributed by atoms with van der Waals surface area (Å²) in [6, 6.07) is 0.171. The Balaban J connectivity index is 1.68. The summed E-state index contributed by atoms with van der Waals surface area (Å²) < 4.78 is 0. The SMILES string of the molecule is CC1=C(C(=O)NC2CC(C)(C)NC(C)(C)C2)CC(C(=O)NC2CC(C)(C)NC(C)(C)C2)=C(C)N1. The first-order chi connectivity index (χ1) is 15.4. The van der Waals surface area contributed by atoms with Crippen LogP contribution in [0.4, 0.5) is 0 Å². The van der Waals surface area contributed by atoms with Crippen LogP contribution in [-0.2, 0) is 9.59 Å². The highest BCUT2D eigenvalue weighted by atomic mass is 16.2. The maximum atomic E-state index is 13.3. The van der Waals surface area contributed by atoms with E-state index in [0.717, 1.165) is 37.1 Å². The zero-order chi connectivity index (χ0) is 25.7. The molecular formula is C27H47N5O2. The largest absolute Gasteiger partial charge is 0.362 e. The van der Waals surface area contributed by atoms with Crippen molar-refractivity contribution in [3.8, 4) is 0 Å². The van der Waals surface area contributed by atoms with Crippen molar-refractivity contribution >= 4 is 11.8 Å². The van der Waals surface area contributed by atoms with E-state index >= 15 is 0 Å². The van der Waals surface area contributed by atoms with Crippen molar-refractivity contribution in [2.45, 2.75) is 136 Å². The standard InChI is InChI=1S/C27H47N5O2/c1-16-20(22(33)29-18-12-24(3,4)31-25(5,6)13-18)11-21(17(2)28-16)23(34)30-19-14-26(7,8)32-27(9,10)15-19/h18-19,28,31-32H,11-15H2,1-10H3,(H,29,33)(H,30,34). The normalized spacial score (nSPS) is 26.6. The summed E-state index contributed by atoms with van der Waals surface area (Å²) in [5.41, 5.74) is 2.74. The van der Waals surface area contributed by atoms with Gasteiger partial charge in [0.15, 0.2) is 0 Å². The summed E-state index contributed by atoms with van der Waals surface area (Å²) in [5.74, 6) is -0.157. The molecule has 2 saturated heterocycles. The van der Waals surface area contributed by atoms with E-state index in [-0.39, 0.29) is 46.1 Å². The van der Waals surface area contributed by atoms with Crippen molar-refractivity contribution in [3.63, 3.8) is 0 Å². The van der Waals surface area contributed by atoms with E-state index in [1.807, 2.05) is 13.8 Å². The molecule has 3 aliphatic rings. The average Bonchev–Trinajstić information content (AvgIpc) is 2.55. The minimum absolute atomic E-state index is 0.0497. The van der Waals surface area contributed by atoms with Crippen LogP contribution in [0.3, 0.4) is 0 Å². The first kappa shape index (κ1) is 26.7. The molecule has 34 heavy (non-hydrogen) atoms. The highest BCUT2D eigenvalue weighted by Crippen LogP contribution is 2.31. The fourth-order valence-corrected chi connectivity index (χ4v) is 6.77. The highest BCUT2D eigenvalue weighted by molar-refractivity contribution is 6.01. The molecule has 0 aromatic heterocycles. The molecule has 0 spiro atoms. The lowest BCUT2D eigenvalue weighted by Gasteiger charge is -2.47. The van der Waals surface area contributed by atoms with Gasteiger partial charge in [0, 0.05) is 63.2 Å². The number of rotatable bonds is 4. The summed E-state index contributed by atoms with van der Waals surface area (Å²) in [5, 5.41) is 17.2. The second-order valence-corrected chi connectivity index (χ2v) is 13.5. The number of hydrogen-bond acceptors (Lipinski definition) is 5. The van der Waals surface area contributed by atoms with E-state index in [9.17, 15) is 9.59 Å². The van der Waals surface area contributed by atoms with Crippen molar-refractivity contribution in [1.29, 1.82) is 0 Å². The Labute approximate surface area is 206 Å². The van der Waals surface area contributed by atoms with Crippen molar-refractivity contribution in [2.24, 2.45) is 0 Å². The van der Waals surface area contributed by atoms with Crippen LogP contribution in [0.25, 0.3) is 0 Å². The second-order valence-electron chi connectivity index (χ2n) is 13.5. The summed E-state index contributed by atoms with van der Waals surface area (Å²) in [6.45, 7) is 21.3. The van der Waals surface area contributed by atoms with Crippen LogP contribution in [0, 0.1) is 0 Å². The first-order valence-corrected chi connectivity index (χ1v) is 12.7. The van der Waals surface area contributed by atoms with Crippen LogP contribution in [-0.4, -0.2) is 46.1 Å². The van der Waals surface area contributed by atoms with E-state index in [1.54, 1.807) is 0 Å². The van der Waals surface area contributed by atoms with Gasteiger partial charge < -0.3 is 26.6 Å². The van der Waals surface area contributed by atoms with Crippen LogP contribution in [0.5, 0.6) is 0 Å². The van der Waals surface area contributed by atoms with E-state index < -0.39 is 0 Å². The van der Waals surface area contributed by atoms with Crippen molar-refractivity contribution < 1.29 is 9.59 Å². The lowest BCUT2D eigenvalue weighted by Crippen LogP contribution is -2.62. The number of piperidine rings is 2. The highest BCUT2D eigenvalue weighted by Gasteiger charge is 2.40. The molecule has 3 heterocycles. The molecule has 2 amide bonds. The summed E-state index contributed by atoms with van der Waals surface area (Å²) in [6.07, 6.45) is 3.81. The molecule has 0 aromatic rings. The third kappa shape index (κ3) is 6.63. The van der Waals surface area contributed by atoms with Crippen molar-refractivity contribution in [1.82, 2.24) is 26.6 Å². The monoisotopic (exact) mass is 473 g/mol. The summed E-state index contributed by atoms with van der Waals surface area (Å²) in [7, 11) is 0. The van der Waals surface area contributed by atoms with E-state index in [0.29, 0.717) is 17.6 Å². The van der Waals surface area contributed by atoms with Gasteiger partial charge >= 0.3 is 0 Å². The number of amides is 2. The molecule has 3 rings (SSSR count). The molecule has 0 unspecified atom stereocenters. The summed E-state index contributed by atoms with van der Waals surface area (Å²) >= 11 is 0. The number of dihydropyridines is 1. The molecule has 192 valence electrons. The van der Waals surface area contributed by atoms with Crippen LogP contribution >= 0.6 is 0 Å². The van der Waals surface area contributed by atoms with E-state index in [1.165, 1.54) is 0 Å². The number of carbonyl (C=O) groups excluding carboxylic acids is 2. The van der Waals surface area contributed by atoms with Gasteiger partial charge in [-0.1, -0.05) is 0 Å². The number of allylic oxidation sites excluding steroid dienone is 2. The molecule has 7 nitrogen and oxygen atoms in total. The smallest absolute Gasteiger partial charge is 0.249 e. The van der Waals surface area contributed by atoms with Gasteiger partial charge in [0.2, 0.25) is 11.8 Å². The fraction of sp³-hybridized carbons (Fsp3) is 0.778. The van der Waals surface area contributed by atoms with Gasteiger partial charge in [-0.15, -0.1) is 0 Å². The topological polar surface area (TPSA) is 94.3 Å². The Bertz CT molecular complexity index is 806. The lowest BCUT2D eigenvalue weighted by molar-refractivity contribution is -0.119. The Kier molecular flexibility index (Phi) is 7.06. The fourth-order valence-electron chi connectivity index (χ4n) is 6.77. The maximum absolute atomic E-state index is 13.3. The van der Waals surface area contributed by atoms with Gasteiger partial charge in [0.25, 0.3) is 0 Å². The van der Waals surface area contributed by atoms with Crippen LogP contribution in [0.15, 0.2) is 22.5 Å². The van der Waals surface area contributed by atoms with Crippen LogP contribution < -0.4 is 26.6 Å². The van der Waals surface area contributed by atoms with Gasteiger partial charge in [-0.2, -0.15) is 0 Å². The zero-order valence-electron chi connectivity index (χ0n) is 23.0. The minimum atomic E-state index is -0.0783.